The Morgan fingerprint density at radius 2 is 1.25 bits per heavy atom. The largest absolute Gasteiger partial charge is 0.335 e. The van der Waals surface area contributed by atoms with Crippen molar-refractivity contribution in [2.24, 2.45) is 0 Å². The van der Waals surface area contributed by atoms with Crippen LogP contribution in [0.25, 0.3) is 0 Å². The van der Waals surface area contributed by atoms with E-state index < -0.39 is 0 Å². The van der Waals surface area contributed by atoms with Gasteiger partial charge < -0.3 is 6.42 Å². The summed E-state index contributed by atoms with van der Waals surface area (Å²) in [5.74, 6) is 0. The first-order chi connectivity index (χ1) is 1.41. The van der Waals surface area contributed by atoms with Crippen LogP contribution in [-0.2, 0) is 22.4 Å². The van der Waals surface area contributed by atoms with Gasteiger partial charge in [0.15, 0.2) is 0 Å². The van der Waals surface area contributed by atoms with Crippen molar-refractivity contribution in [2.75, 3.05) is 0 Å². The van der Waals surface area contributed by atoms with Crippen LogP contribution in [0.2, 0.25) is 0 Å². The molecule has 0 unspecified atom stereocenters. The molecule has 0 aliphatic rings. The Kier molecular flexibility index (Phi) is 20.5. The predicted molar refractivity (Wildman–Crippen MR) is 15.6 cm³/mol. The summed E-state index contributed by atoms with van der Waals surface area (Å²) in [6.45, 7) is 4.00. The van der Waals surface area contributed by atoms with Crippen LogP contribution in [0.4, 0.5) is 0 Å². The zero-order valence-corrected chi connectivity index (χ0v) is 5.22. The number of rotatable bonds is 0. The number of hydrogen-bond donors (Lipinski definition) is 0. The van der Waals surface area contributed by atoms with Crippen LogP contribution >= 0.6 is 0 Å². The first-order valence-corrected chi connectivity index (χ1v) is 1.15. The van der Waals surface area contributed by atoms with Crippen molar-refractivity contribution < 1.29 is 22.4 Å². The van der Waals surface area contributed by atoms with Crippen LogP contribution in [0.5, 0.6) is 0 Å². The summed E-state index contributed by atoms with van der Waals surface area (Å²) in [5.41, 5.74) is 0. The average molecular weight is 136 g/mol. The first-order valence-electron chi connectivity index (χ1n) is 1.15. The van der Waals surface area contributed by atoms with E-state index in [2.05, 4.69) is 0 Å². The zero-order valence-electron chi connectivity index (χ0n) is 3.02. The molecule has 0 heterocycles. The van der Waals surface area contributed by atoms with Crippen LogP contribution in [0.15, 0.2) is 0 Å². The third-order valence-electron chi connectivity index (χ3n) is 0. The minimum Gasteiger partial charge on any atom is -0.335 e. The Morgan fingerprint density at radius 3 is 1.25 bits per heavy atom. The van der Waals surface area contributed by atoms with Crippen LogP contribution in [0.3, 0.4) is 0 Å². The van der Waals surface area contributed by atoms with Gasteiger partial charge in [0.25, 0.3) is 0 Å². The van der Waals surface area contributed by atoms with E-state index in [-0.39, 0.29) is 22.4 Å². The Hall–Kier alpha value is 0.740. The molecule has 0 aliphatic heterocycles. The van der Waals surface area contributed by atoms with Gasteiger partial charge in [0.05, 0.1) is 0 Å². The first kappa shape index (κ1) is 8.83. The van der Waals surface area contributed by atoms with Crippen molar-refractivity contribution in [3.63, 3.8) is 0 Å². The average Bonchev–Trinajstić information content (AvgIpc) is 0.918. The van der Waals surface area contributed by atoms with Crippen LogP contribution in [0.1, 0.15) is 13.8 Å². The molecule has 1 heteroatoms. The summed E-state index contributed by atoms with van der Waals surface area (Å²) < 4.78 is 0. The number of hydrogen-bond acceptors (Lipinski definition) is 0. The summed E-state index contributed by atoms with van der Waals surface area (Å²) in [5, 5.41) is 0. The van der Waals surface area contributed by atoms with Gasteiger partial charge in [0, 0.05) is 22.4 Å². The van der Waals surface area contributed by atoms with Gasteiger partial charge in [-0.25, -0.2) is 0 Å². The fourth-order valence-corrected chi connectivity index (χ4v) is 0. The SMILES string of the molecule is C[CH-]C.[Nb]. The minimum atomic E-state index is 0. The molecule has 0 N–H and O–H groups in total. The van der Waals surface area contributed by atoms with E-state index in [4.69, 9.17) is 0 Å². The van der Waals surface area contributed by atoms with E-state index in [0.717, 1.165) is 0 Å². The van der Waals surface area contributed by atoms with Crippen LogP contribution in [0, 0.1) is 6.42 Å². The second-order valence-corrected chi connectivity index (χ2v) is 0.577. The van der Waals surface area contributed by atoms with Crippen molar-refractivity contribution in [3.05, 3.63) is 6.42 Å². The Labute approximate surface area is 43.1 Å². The molecule has 0 saturated carbocycles. The van der Waals surface area contributed by atoms with Crippen molar-refractivity contribution in [3.8, 4) is 0 Å². The van der Waals surface area contributed by atoms with Crippen molar-refractivity contribution in [1.82, 2.24) is 0 Å². The summed E-state index contributed by atoms with van der Waals surface area (Å²) in [6, 6.07) is 0. The topological polar surface area (TPSA) is 0 Å². The molecule has 0 saturated heterocycles. The zero-order chi connectivity index (χ0) is 2.71. The molecule has 0 spiro atoms. The van der Waals surface area contributed by atoms with E-state index in [9.17, 15) is 0 Å². The molecular formula is C3H7Nb-. The quantitative estimate of drug-likeness (QED) is 0.347. The monoisotopic (exact) mass is 136 g/mol. The molecule has 0 aliphatic carbocycles. The molecular weight excluding hydrogens is 129 g/mol. The molecule has 4 heavy (non-hydrogen) atoms. The van der Waals surface area contributed by atoms with E-state index in [1.54, 1.807) is 0 Å². The normalized spacial score (nSPS) is 4.50. The molecule has 25 valence electrons. The summed E-state index contributed by atoms with van der Waals surface area (Å²) in [7, 11) is 0. The molecule has 0 aromatic rings. The van der Waals surface area contributed by atoms with Gasteiger partial charge in [-0.1, -0.05) is 0 Å². The maximum atomic E-state index is 2.00. The second kappa shape index (κ2) is 9.27. The molecule has 0 rings (SSSR count). The molecule has 0 bridgehead atoms. The predicted octanol–water partition coefficient (Wildman–Crippen LogP) is 1.23. The van der Waals surface area contributed by atoms with Gasteiger partial charge in [0.1, 0.15) is 0 Å². The van der Waals surface area contributed by atoms with Crippen molar-refractivity contribution in [1.29, 1.82) is 0 Å². The summed E-state index contributed by atoms with van der Waals surface area (Å²) in [4.78, 5) is 0. The molecule has 0 aromatic carbocycles. The molecule has 0 atom stereocenters. The molecule has 0 amide bonds. The molecule has 0 fully saturated rings. The third-order valence-corrected chi connectivity index (χ3v) is 0. The fraction of sp³-hybridized carbons (Fsp3) is 0.667. The Bertz CT molecular complexity index is 3.25. The van der Waals surface area contributed by atoms with Gasteiger partial charge in [-0.15, -0.1) is 0 Å². The van der Waals surface area contributed by atoms with Crippen LogP contribution < -0.4 is 0 Å². The van der Waals surface area contributed by atoms with Gasteiger partial charge in [-0.2, -0.15) is 13.8 Å². The minimum absolute atomic E-state index is 0. The summed E-state index contributed by atoms with van der Waals surface area (Å²) >= 11 is 0. The summed E-state index contributed by atoms with van der Waals surface area (Å²) in [6.07, 6.45) is 2.00. The Morgan fingerprint density at radius 1 is 1.25 bits per heavy atom. The van der Waals surface area contributed by atoms with Gasteiger partial charge in [0.2, 0.25) is 0 Å². The fourth-order valence-electron chi connectivity index (χ4n) is 0. The maximum Gasteiger partial charge on any atom is 0 e. The molecule has 0 aromatic heterocycles. The van der Waals surface area contributed by atoms with E-state index in [1.807, 2.05) is 20.3 Å². The van der Waals surface area contributed by atoms with E-state index in [0.29, 0.717) is 0 Å². The maximum absolute atomic E-state index is 2.00. The third kappa shape index (κ3) is 15.1. The van der Waals surface area contributed by atoms with E-state index >= 15 is 0 Å². The van der Waals surface area contributed by atoms with Crippen molar-refractivity contribution >= 4 is 0 Å². The smallest absolute Gasteiger partial charge is 0 e. The Balaban J connectivity index is 0. The van der Waals surface area contributed by atoms with Crippen LogP contribution in [-0.4, -0.2) is 0 Å². The van der Waals surface area contributed by atoms with Gasteiger partial charge >= 0.3 is 0 Å². The van der Waals surface area contributed by atoms with E-state index in [1.165, 1.54) is 0 Å². The standard InChI is InChI=1S/C3H7.Nb/c1-3-2;/h3H,1-2H3;/q-1;. The molecule has 1 radical (unpaired) electrons. The van der Waals surface area contributed by atoms with Crippen molar-refractivity contribution in [2.45, 2.75) is 13.8 Å². The van der Waals surface area contributed by atoms with Gasteiger partial charge in [-0.3, -0.25) is 0 Å². The second-order valence-electron chi connectivity index (χ2n) is 0.577. The molecule has 0 nitrogen and oxygen atoms in total. The van der Waals surface area contributed by atoms with Gasteiger partial charge in [-0.05, 0) is 0 Å².